The van der Waals surface area contributed by atoms with Crippen molar-refractivity contribution in [1.29, 1.82) is 0 Å². The van der Waals surface area contributed by atoms with Gasteiger partial charge in [-0.3, -0.25) is 4.79 Å². The van der Waals surface area contributed by atoms with Gasteiger partial charge in [-0.25, -0.2) is 0 Å². The maximum atomic E-state index is 10.4. The average molecular weight is 178 g/mol. The molecule has 1 atom stereocenters. The van der Waals surface area contributed by atoms with E-state index >= 15 is 0 Å². The minimum Gasteiger partial charge on any atom is -0.306 e. The third-order valence-corrected chi connectivity index (χ3v) is 2.06. The summed E-state index contributed by atoms with van der Waals surface area (Å²) in [6.07, 6.45) is 2.42. The lowest BCUT2D eigenvalue weighted by molar-refractivity contribution is -0.112. The minimum absolute atomic E-state index is 0.231. The van der Waals surface area contributed by atoms with E-state index in [1.807, 2.05) is 14.1 Å². The first kappa shape index (κ1) is 10.9. The molecule has 0 rings (SSSR count). The van der Waals surface area contributed by atoms with Gasteiger partial charge in [0.25, 0.3) is 0 Å². The van der Waals surface area contributed by atoms with E-state index in [0.29, 0.717) is 12.5 Å². The third kappa shape index (κ3) is 5.22. The first-order chi connectivity index (χ1) is 5.07. The highest BCUT2D eigenvalue weighted by atomic mass is 35.5. The van der Waals surface area contributed by atoms with Crippen molar-refractivity contribution in [3.63, 3.8) is 0 Å². The molecule has 0 saturated carbocycles. The molecule has 2 nitrogen and oxygen atoms in total. The van der Waals surface area contributed by atoms with Crippen LogP contribution in [0.15, 0.2) is 0 Å². The van der Waals surface area contributed by atoms with E-state index in [2.05, 4.69) is 11.8 Å². The number of hydrogen-bond donors (Lipinski definition) is 0. The van der Waals surface area contributed by atoms with Gasteiger partial charge < -0.3 is 4.90 Å². The van der Waals surface area contributed by atoms with Gasteiger partial charge in [-0.05, 0) is 38.5 Å². The first-order valence-corrected chi connectivity index (χ1v) is 4.30. The number of rotatable bonds is 5. The Kier molecular flexibility index (Phi) is 5.51. The molecule has 0 N–H and O–H groups in total. The van der Waals surface area contributed by atoms with Gasteiger partial charge in [0.05, 0.1) is 0 Å². The monoisotopic (exact) mass is 177 g/mol. The molecule has 0 aromatic rings. The van der Waals surface area contributed by atoms with E-state index in [-0.39, 0.29) is 5.24 Å². The summed E-state index contributed by atoms with van der Waals surface area (Å²) >= 11 is 5.23. The van der Waals surface area contributed by atoms with Crippen LogP contribution in [0, 0.1) is 0 Å². The molecule has 3 heteroatoms. The largest absolute Gasteiger partial charge is 0.306 e. The SMILES string of the molecule is CCC(CCC(=O)Cl)N(C)C. The smallest absolute Gasteiger partial charge is 0.221 e. The molecule has 0 amide bonds. The number of carbonyl (C=O) groups excluding carboxylic acids is 1. The Morgan fingerprint density at radius 3 is 2.36 bits per heavy atom. The highest BCUT2D eigenvalue weighted by Gasteiger charge is 2.09. The van der Waals surface area contributed by atoms with Crippen molar-refractivity contribution in [2.24, 2.45) is 0 Å². The topological polar surface area (TPSA) is 20.3 Å². The van der Waals surface area contributed by atoms with E-state index < -0.39 is 0 Å². The molecule has 0 aliphatic rings. The Bertz CT molecular complexity index is 125. The predicted molar refractivity (Wildman–Crippen MR) is 47.9 cm³/mol. The first-order valence-electron chi connectivity index (χ1n) is 3.92. The van der Waals surface area contributed by atoms with Gasteiger partial charge in [-0.1, -0.05) is 6.92 Å². The van der Waals surface area contributed by atoms with Crippen LogP contribution in [0.25, 0.3) is 0 Å². The third-order valence-electron chi connectivity index (χ3n) is 1.88. The highest BCUT2D eigenvalue weighted by Crippen LogP contribution is 2.08. The number of carbonyl (C=O) groups is 1. The molecule has 0 aromatic carbocycles. The standard InChI is InChI=1S/C8H16ClNO/c1-4-7(10(2)3)5-6-8(9)11/h7H,4-6H2,1-3H3. The van der Waals surface area contributed by atoms with Crippen LogP contribution in [0.1, 0.15) is 26.2 Å². The van der Waals surface area contributed by atoms with E-state index in [1.54, 1.807) is 0 Å². The lowest BCUT2D eigenvalue weighted by Crippen LogP contribution is -2.27. The Morgan fingerprint density at radius 1 is 1.55 bits per heavy atom. The molecule has 0 bridgehead atoms. The molecule has 66 valence electrons. The minimum atomic E-state index is -0.231. The Hall–Kier alpha value is -0.0800. The van der Waals surface area contributed by atoms with Crippen molar-refractivity contribution < 1.29 is 4.79 Å². The fraction of sp³-hybridized carbons (Fsp3) is 0.875. The summed E-state index contributed by atoms with van der Waals surface area (Å²) in [5.74, 6) is 0. The second-order valence-electron chi connectivity index (χ2n) is 2.92. The van der Waals surface area contributed by atoms with Gasteiger partial charge in [0, 0.05) is 12.5 Å². The lowest BCUT2D eigenvalue weighted by atomic mass is 10.1. The second kappa shape index (κ2) is 5.56. The summed E-state index contributed by atoms with van der Waals surface area (Å²) in [5, 5.41) is -0.231. The maximum Gasteiger partial charge on any atom is 0.221 e. The number of hydrogen-bond acceptors (Lipinski definition) is 2. The fourth-order valence-corrected chi connectivity index (χ4v) is 1.22. The van der Waals surface area contributed by atoms with Crippen LogP contribution in [-0.2, 0) is 4.79 Å². The van der Waals surface area contributed by atoms with Crippen LogP contribution in [0.5, 0.6) is 0 Å². The molecular formula is C8H16ClNO. The second-order valence-corrected chi connectivity index (χ2v) is 3.34. The van der Waals surface area contributed by atoms with Gasteiger partial charge in [0.15, 0.2) is 0 Å². The van der Waals surface area contributed by atoms with E-state index in [4.69, 9.17) is 11.6 Å². The van der Waals surface area contributed by atoms with Crippen LogP contribution >= 0.6 is 11.6 Å². The molecule has 0 fully saturated rings. The Morgan fingerprint density at radius 2 is 2.09 bits per heavy atom. The molecule has 0 aliphatic heterocycles. The molecule has 0 saturated heterocycles. The van der Waals surface area contributed by atoms with E-state index in [9.17, 15) is 4.79 Å². The van der Waals surface area contributed by atoms with Crippen molar-refractivity contribution >= 4 is 16.8 Å². The maximum absolute atomic E-state index is 10.4. The van der Waals surface area contributed by atoms with Crippen LogP contribution in [0.3, 0.4) is 0 Å². The van der Waals surface area contributed by atoms with Gasteiger partial charge in [-0.2, -0.15) is 0 Å². The molecular weight excluding hydrogens is 162 g/mol. The molecule has 0 radical (unpaired) electrons. The van der Waals surface area contributed by atoms with Crippen molar-refractivity contribution in [1.82, 2.24) is 4.90 Å². The molecule has 0 heterocycles. The van der Waals surface area contributed by atoms with E-state index in [0.717, 1.165) is 12.8 Å². The van der Waals surface area contributed by atoms with Gasteiger partial charge in [0.1, 0.15) is 0 Å². The van der Waals surface area contributed by atoms with Crippen LogP contribution in [0.4, 0.5) is 0 Å². The molecule has 0 spiro atoms. The highest BCUT2D eigenvalue weighted by molar-refractivity contribution is 6.63. The zero-order valence-electron chi connectivity index (χ0n) is 7.43. The Labute approximate surface area is 73.5 Å². The molecule has 11 heavy (non-hydrogen) atoms. The van der Waals surface area contributed by atoms with Crippen molar-refractivity contribution in [3.05, 3.63) is 0 Å². The molecule has 0 aliphatic carbocycles. The van der Waals surface area contributed by atoms with E-state index in [1.165, 1.54) is 0 Å². The van der Waals surface area contributed by atoms with Crippen LogP contribution in [-0.4, -0.2) is 30.3 Å². The predicted octanol–water partition coefficient (Wildman–Crippen LogP) is 1.87. The fourth-order valence-electron chi connectivity index (χ4n) is 1.11. The summed E-state index contributed by atoms with van der Waals surface area (Å²) < 4.78 is 0. The summed E-state index contributed by atoms with van der Waals surface area (Å²) in [6, 6.07) is 0.484. The normalized spacial score (nSPS) is 13.5. The summed E-state index contributed by atoms with van der Waals surface area (Å²) in [5.41, 5.74) is 0. The van der Waals surface area contributed by atoms with Crippen molar-refractivity contribution in [3.8, 4) is 0 Å². The quantitative estimate of drug-likeness (QED) is 0.598. The molecule has 1 unspecified atom stereocenters. The van der Waals surface area contributed by atoms with Crippen molar-refractivity contribution in [2.75, 3.05) is 14.1 Å². The average Bonchev–Trinajstić information content (AvgIpc) is 1.87. The number of halogens is 1. The Balaban J connectivity index is 3.61. The van der Waals surface area contributed by atoms with Crippen LogP contribution in [0.2, 0.25) is 0 Å². The summed E-state index contributed by atoms with van der Waals surface area (Å²) in [6.45, 7) is 2.11. The van der Waals surface area contributed by atoms with Gasteiger partial charge in [-0.15, -0.1) is 0 Å². The summed E-state index contributed by atoms with van der Waals surface area (Å²) in [7, 11) is 4.04. The summed E-state index contributed by atoms with van der Waals surface area (Å²) in [4.78, 5) is 12.6. The lowest BCUT2D eigenvalue weighted by Gasteiger charge is -2.21. The van der Waals surface area contributed by atoms with Crippen molar-refractivity contribution in [2.45, 2.75) is 32.2 Å². The van der Waals surface area contributed by atoms with Gasteiger partial charge >= 0.3 is 0 Å². The molecule has 0 aromatic heterocycles. The van der Waals surface area contributed by atoms with Gasteiger partial charge in [0.2, 0.25) is 5.24 Å². The zero-order valence-corrected chi connectivity index (χ0v) is 8.19. The van der Waals surface area contributed by atoms with Crippen LogP contribution < -0.4 is 0 Å². The zero-order chi connectivity index (χ0) is 8.85. The number of nitrogens with zero attached hydrogens (tertiary/aromatic N) is 1.